The molecule has 0 saturated carbocycles. The van der Waals surface area contributed by atoms with Gasteiger partial charge in [0.15, 0.2) is 0 Å². The molecule has 11 nitrogen and oxygen atoms in total. The number of carbonyl (C=O) groups excluding carboxylic acids is 2. The molecule has 0 bridgehead atoms. The van der Waals surface area contributed by atoms with Gasteiger partial charge in [-0.25, -0.2) is 4.99 Å². The molecular formula is C37H49N9O2. The molecule has 0 unspecified atom stereocenters. The van der Waals surface area contributed by atoms with E-state index in [9.17, 15) is 9.59 Å². The molecule has 254 valence electrons. The van der Waals surface area contributed by atoms with Crippen LogP contribution in [0.5, 0.6) is 0 Å². The van der Waals surface area contributed by atoms with Gasteiger partial charge in [0.25, 0.3) is 0 Å². The lowest BCUT2D eigenvalue weighted by atomic mass is 9.85. The van der Waals surface area contributed by atoms with Crippen LogP contribution in [0.2, 0.25) is 0 Å². The van der Waals surface area contributed by atoms with Crippen LogP contribution in [0.25, 0.3) is 5.57 Å². The van der Waals surface area contributed by atoms with E-state index in [0.29, 0.717) is 50.0 Å². The van der Waals surface area contributed by atoms with Crippen molar-refractivity contribution >= 4 is 46.6 Å². The zero-order valence-corrected chi connectivity index (χ0v) is 28.3. The standard InChI is InChI=1S/C37H49N9O2/c1-3-43-16-10-28(11-17-43)34(39)31-22-30(8-9-32(31)38)46-21-15-37(36(46)48)14-20-44(24-37)23-33(47)45-18-12-27(13-19-45)26-4-6-29(7-5-26)35(40)42-25-41-2/h4-9,12,22,25,28,39H,3,10-11,13-21,23-24,38H2,1-2H3,(H2,40,41,42)/t37-/m0/s1. The Morgan fingerprint density at radius 3 is 2.48 bits per heavy atom. The summed E-state index contributed by atoms with van der Waals surface area (Å²) >= 11 is 0. The molecule has 4 heterocycles. The van der Waals surface area contributed by atoms with Crippen molar-refractivity contribution < 1.29 is 9.59 Å². The van der Waals surface area contributed by atoms with Crippen molar-refractivity contribution in [1.82, 2.24) is 14.7 Å². The Morgan fingerprint density at radius 2 is 1.79 bits per heavy atom. The van der Waals surface area contributed by atoms with Gasteiger partial charge in [0, 0.05) is 67.4 Å². The molecule has 2 aromatic rings. The summed E-state index contributed by atoms with van der Waals surface area (Å²) in [6.45, 7) is 8.76. The van der Waals surface area contributed by atoms with Crippen LogP contribution in [0.15, 0.2) is 58.5 Å². The van der Waals surface area contributed by atoms with E-state index in [1.54, 1.807) is 7.05 Å². The third kappa shape index (κ3) is 6.93. The molecule has 2 amide bonds. The Kier molecular flexibility index (Phi) is 10.1. The molecule has 6 rings (SSSR count). The van der Waals surface area contributed by atoms with Gasteiger partial charge in [0.1, 0.15) is 12.2 Å². The van der Waals surface area contributed by atoms with Crippen molar-refractivity contribution in [3.63, 3.8) is 0 Å². The topological polar surface area (TPSA) is 148 Å². The Morgan fingerprint density at radius 1 is 1.04 bits per heavy atom. The lowest BCUT2D eigenvalue weighted by Crippen LogP contribution is -2.43. The summed E-state index contributed by atoms with van der Waals surface area (Å²) in [6, 6.07) is 13.7. The summed E-state index contributed by atoms with van der Waals surface area (Å²) in [5.74, 6) is 0.839. The van der Waals surface area contributed by atoms with E-state index in [1.807, 2.05) is 52.3 Å². The van der Waals surface area contributed by atoms with Gasteiger partial charge in [-0.1, -0.05) is 37.3 Å². The first-order chi connectivity index (χ1) is 23.2. The highest BCUT2D eigenvalue weighted by Gasteiger charge is 2.51. The molecule has 4 aliphatic rings. The van der Waals surface area contributed by atoms with Crippen molar-refractivity contribution in [2.24, 2.45) is 27.1 Å². The lowest BCUT2D eigenvalue weighted by Gasteiger charge is -2.32. The highest BCUT2D eigenvalue weighted by molar-refractivity contribution is 6.07. The highest BCUT2D eigenvalue weighted by atomic mass is 16.2. The third-order valence-corrected chi connectivity index (χ3v) is 10.8. The van der Waals surface area contributed by atoms with Gasteiger partial charge >= 0.3 is 0 Å². The number of piperidine rings is 1. The van der Waals surface area contributed by atoms with Gasteiger partial charge in [-0.05, 0) is 87.6 Å². The van der Waals surface area contributed by atoms with E-state index < -0.39 is 5.41 Å². The SMILES string of the molecule is CCN1CCC(C(=N)c2cc(N3CC[C@]4(CCN(CC(=O)N5CC=C(c6ccc(C(N)=NC=NC)cc6)CC5)C4)C3=O)ccc2N)CC1. The fraction of sp³-hybridized carbons (Fsp3) is 0.486. The Balaban J connectivity index is 1.03. The van der Waals surface area contributed by atoms with Crippen LogP contribution in [0.1, 0.15) is 55.7 Å². The van der Waals surface area contributed by atoms with Crippen LogP contribution < -0.4 is 16.4 Å². The minimum absolute atomic E-state index is 0.105. The second kappa shape index (κ2) is 14.4. The van der Waals surface area contributed by atoms with E-state index in [0.717, 1.165) is 80.7 Å². The summed E-state index contributed by atoms with van der Waals surface area (Å²) in [4.78, 5) is 43.6. The summed E-state index contributed by atoms with van der Waals surface area (Å²) in [6.07, 6.45) is 7.79. The first-order valence-corrected chi connectivity index (χ1v) is 17.3. The maximum atomic E-state index is 14.0. The average Bonchev–Trinajstić information content (AvgIpc) is 3.68. The summed E-state index contributed by atoms with van der Waals surface area (Å²) < 4.78 is 0. The summed E-state index contributed by atoms with van der Waals surface area (Å²) in [7, 11) is 1.65. The smallest absolute Gasteiger partial charge is 0.237 e. The van der Waals surface area contributed by atoms with E-state index in [1.165, 1.54) is 11.9 Å². The fourth-order valence-electron chi connectivity index (χ4n) is 7.74. The number of aliphatic imine (C=N–C) groups is 2. The Hall–Kier alpha value is -4.35. The Bertz CT molecular complexity index is 1620. The summed E-state index contributed by atoms with van der Waals surface area (Å²) in [5.41, 5.74) is 17.9. The van der Waals surface area contributed by atoms with Crippen LogP contribution in [0.4, 0.5) is 11.4 Å². The molecule has 0 aliphatic carbocycles. The highest BCUT2D eigenvalue weighted by Crippen LogP contribution is 2.43. The molecule has 11 heteroatoms. The lowest BCUT2D eigenvalue weighted by molar-refractivity contribution is -0.132. The van der Waals surface area contributed by atoms with Crippen molar-refractivity contribution in [3.8, 4) is 0 Å². The number of nitrogens with one attached hydrogen (secondary N) is 1. The third-order valence-electron chi connectivity index (χ3n) is 10.8. The monoisotopic (exact) mass is 651 g/mol. The first kappa shape index (κ1) is 33.5. The maximum absolute atomic E-state index is 14.0. The van der Waals surface area contributed by atoms with E-state index in [4.69, 9.17) is 16.9 Å². The number of nitrogens with zero attached hydrogens (tertiary/aromatic N) is 6. The van der Waals surface area contributed by atoms with Crippen LogP contribution >= 0.6 is 0 Å². The predicted molar refractivity (Wildman–Crippen MR) is 194 cm³/mol. The fourth-order valence-corrected chi connectivity index (χ4v) is 7.74. The second-order valence-electron chi connectivity index (χ2n) is 13.6. The number of likely N-dealkylation sites (tertiary alicyclic amines) is 2. The van der Waals surface area contributed by atoms with Crippen LogP contribution in [0.3, 0.4) is 0 Å². The van der Waals surface area contributed by atoms with Gasteiger partial charge in [-0.15, -0.1) is 0 Å². The van der Waals surface area contributed by atoms with Gasteiger partial charge in [0.2, 0.25) is 11.8 Å². The zero-order valence-electron chi connectivity index (χ0n) is 28.3. The maximum Gasteiger partial charge on any atom is 0.237 e. The molecule has 2 aromatic carbocycles. The first-order valence-electron chi connectivity index (χ1n) is 17.3. The number of amides is 2. The normalized spacial score (nSPS) is 23.1. The van der Waals surface area contributed by atoms with Crippen LogP contribution in [-0.4, -0.2) is 110 Å². The number of anilines is 2. The predicted octanol–water partition coefficient (Wildman–Crippen LogP) is 3.48. The summed E-state index contributed by atoms with van der Waals surface area (Å²) in [5, 5.41) is 8.98. The van der Waals surface area contributed by atoms with Gasteiger partial charge in [0.05, 0.1) is 12.0 Å². The minimum Gasteiger partial charge on any atom is -0.398 e. The van der Waals surface area contributed by atoms with Crippen molar-refractivity contribution in [2.45, 2.75) is 39.0 Å². The van der Waals surface area contributed by atoms with E-state index in [-0.39, 0.29) is 17.7 Å². The second-order valence-corrected chi connectivity index (χ2v) is 13.6. The van der Waals surface area contributed by atoms with Crippen molar-refractivity contribution in [1.29, 1.82) is 5.41 Å². The number of nitrogens with two attached hydrogens (primary N) is 2. The molecule has 4 aliphatic heterocycles. The number of hydrogen-bond donors (Lipinski definition) is 3. The van der Waals surface area contributed by atoms with Gasteiger partial charge in [-0.2, -0.15) is 0 Å². The zero-order chi connectivity index (χ0) is 33.8. The van der Waals surface area contributed by atoms with E-state index in [2.05, 4.69) is 32.8 Å². The molecule has 0 radical (unpaired) electrons. The number of hydrogen-bond acceptors (Lipinski definition) is 7. The van der Waals surface area contributed by atoms with Crippen LogP contribution in [-0.2, 0) is 9.59 Å². The number of amidine groups is 1. The van der Waals surface area contributed by atoms with Gasteiger partial charge < -0.3 is 31.6 Å². The number of rotatable bonds is 9. The quantitative estimate of drug-likeness (QED) is 0.215. The molecular weight excluding hydrogens is 602 g/mol. The molecule has 1 spiro atoms. The Labute approximate surface area is 283 Å². The minimum atomic E-state index is -0.471. The molecule has 0 aromatic heterocycles. The molecule has 3 fully saturated rings. The number of benzene rings is 2. The number of nitrogen functional groups attached to an aromatic ring is 1. The molecule has 3 saturated heterocycles. The average molecular weight is 652 g/mol. The van der Waals surface area contributed by atoms with Crippen molar-refractivity contribution in [2.75, 3.05) is 76.6 Å². The molecule has 48 heavy (non-hydrogen) atoms. The molecule has 1 atom stereocenters. The molecule has 5 N–H and O–H groups in total. The largest absolute Gasteiger partial charge is 0.398 e. The van der Waals surface area contributed by atoms with Crippen LogP contribution in [0, 0.1) is 16.7 Å². The van der Waals surface area contributed by atoms with E-state index >= 15 is 0 Å². The van der Waals surface area contributed by atoms with Crippen molar-refractivity contribution in [3.05, 3.63) is 65.2 Å². The number of carbonyl (C=O) groups is 2. The van der Waals surface area contributed by atoms with Gasteiger partial charge in [-0.3, -0.25) is 19.5 Å².